The molecule has 0 atom stereocenters. The number of aromatic hydroxyl groups is 2. The summed E-state index contributed by atoms with van der Waals surface area (Å²) in [4.78, 5) is 12.6. The van der Waals surface area contributed by atoms with Crippen molar-refractivity contribution in [2.75, 3.05) is 0 Å². The molecule has 0 spiro atoms. The Morgan fingerprint density at radius 2 is 1.82 bits per heavy atom. The van der Waals surface area contributed by atoms with E-state index in [1.54, 1.807) is 24.3 Å². The minimum atomic E-state index is -0.765. The number of fused-ring (bicyclic) bond motifs is 1. The van der Waals surface area contributed by atoms with Gasteiger partial charge >= 0.3 is 5.97 Å². The molecule has 3 N–H and O–H groups in total. The second-order valence-electron chi connectivity index (χ2n) is 8.94. The number of hydrogen-bond donors (Lipinski definition) is 3. The number of esters is 1. The molecule has 2 aliphatic heterocycles. The highest BCUT2D eigenvalue weighted by Crippen LogP contribution is 2.42. The van der Waals surface area contributed by atoms with Crippen LogP contribution in [0, 0.1) is 0 Å². The van der Waals surface area contributed by atoms with Crippen molar-refractivity contribution in [3.63, 3.8) is 0 Å². The lowest BCUT2D eigenvalue weighted by molar-refractivity contribution is -0.131. The van der Waals surface area contributed by atoms with E-state index in [4.69, 9.17) is 9.47 Å². The number of rotatable bonds is 4. The van der Waals surface area contributed by atoms with Gasteiger partial charge in [-0.25, -0.2) is 4.79 Å². The number of carbonyl (C=O) groups is 1. The molecule has 4 rings (SSSR count). The van der Waals surface area contributed by atoms with Crippen LogP contribution in [0.4, 0.5) is 0 Å². The molecule has 2 aliphatic rings. The van der Waals surface area contributed by atoms with Crippen LogP contribution in [0.5, 0.6) is 17.2 Å². The lowest BCUT2D eigenvalue weighted by Crippen LogP contribution is -2.27. The zero-order valence-electron chi connectivity index (χ0n) is 19.0. The van der Waals surface area contributed by atoms with E-state index in [1.807, 2.05) is 45.9 Å². The number of benzene rings is 2. The lowest BCUT2D eigenvalue weighted by atomic mass is 9.96. The van der Waals surface area contributed by atoms with Crippen molar-refractivity contribution in [2.24, 2.45) is 0 Å². The van der Waals surface area contributed by atoms with Gasteiger partial charge in [-0.1, -0.05) is 23.8 Å². The van der Waals surface area contributed by atoms with E-state index in [-0.39, 0.29) is 34.2 Å². The highest BCUT2D eigenvalue weighted by Gasteiger charge is 2.34. The molecule has 6 nitrogen and oxygen atoms in total. The number of allylic oxidation sites excluding steroid dienone is 2. The molecule has 0 fully saturated rings. The molecular weight excluding hydrogens is 420 g/mol. The SMILES string of the molecule is CC(C)=CCc1cc(/C=C2\OC(=O)C(c3cc4c(cc3O)OC(C)(C)C=C4)=C2O)ccc1O. The van der Waals surface area contributed by atoms with E-state index < -0.39 is 11.6 Å². The molecule has 0 aliphatic carbocycles. The monoisotopic (exact) mass is 446 g/mol. The average Bonchev–Trinajstić information content (AvgIpc) is 3.00. The quantitative estimate of drug-likeness (QED) is 0.414. The number of phenols is 2. The van der Waals surface area contributed by atoms with Gasteiger partial charge in [-0.2, -0.15) is 0 Å². The fourth-order valence-electron chi connectivity index (χ4n) is 3.69. The summed E-state index contributed by atoms with van der Waals surface area (Å²) in [6.07, 6.45) is 7.79. The second kappa shape index (κ2) is 8.20. The van der Waals surface area contributed by atoms with Crippen LogP contribution in [-0.2, 0) is 16.0 Å². The molecule has 2 aromatic rings. The number of aliphatic hydroxyl groups is 1. The zero-order chi connectivity index (χ0) is 23.9. The summed E-state index contributed by atoms with van der Waals surface area (Å²) in [6, 6.07) is 8.00. The maximum absolute atomic E-state index is 12.6. The Morgan fingerprint density at radius 3 is 2.55 bits per heavy atom. The molecule has 2 aromatic carbocycles. The number of carbonyl (C=O) groups excluding carboxylic acids is 1. The summed E-state index contributed by atoms with van der Waals surface area (Å²) < 4.78 is 11.2. The highest BCUT2D eigenvalue weighted by atomic mass is 16.6. The Bertz CT molecular complexity index is 1270. The van der Waals surface area contributed by atoms with Crippen LogP contribution in [0.3, 0.4) is 0 Å². The van der Waals surface area contributed by atoms with Crippen LogP contribution < -0.4 is 4.74 Å². The van der Waals surface area contributed by atoms with E-state index in [1.165, 1.54) is 12.1 Å². The maximum Gasteiger partial charge on any atom is 0.348 e. The first-order valence-electron chi connectivity index (χ1n) is 10.6. The van der Waals surface area contributed by atoms with Gasteiger partial charge < -0.3 is 24.8 Å². The first-order chi connectivity index (χ1) is 15.5. The van der Waals surface area contributed by atoms with Crippen molar-refractivity contribution in [1.29, 1.82) is 0 Å². The van der Waals surface area contributed by atoms with Crippen molar-refractivity contribution in [1.82, 2.24) is 0 Å². The summed E-state index contributed by atoms with van der Waals surface area (Å²) in [7, 11) is 0. The van der Waals surface area contributed by atoms with Crippen LogP contribution in [0.2, 0.25) is 0 Å². The topological polar surface area (TPSA) is 96.2 Å². The summed E-state index contributed by atoms with van der Waals surface area (Å²) in [5.41, 5.74) is 2.68. The molecule has 0 saturated heterocycles. The van der Waals surface area contributed by atoms with Gasteiger partial charge in [-0.15, -0.1) is 0 Å². The summed E-state index contributed by atoms with van der Waals surface area (Å²) in [5, 5.41) is 31.5. The van der Waals surface area contributed by atoms with Gasteiger partial charge in [0.2, 0.25) is 0 Å². The smallest absolute Gasteiger partial charge is 0.348 e. The Balaban J connectivity index is 1.72. The van der Waals surface area contributed by atoms with Gasteiger partial charge in [0.05, 0.1) is 0 Å². The maximum atomic E-state index is 12.6. The van der Waals surface area contributed by atoms with E-state index in [9.17, 15) is 20.1 Å². The number of hydrogen-bond acceptors (Lipinski definition) is 6. The molecular formula is C27H26O6. The second-order valence-corrected chi connectivity index (χ2v) is 8.94. The number of ether oxygens (including phenoxy) is 2. The van der Waals surface area contributed by atoms with E-state index in [0.29, 0.717) is 28.9 Å². The standard InChI is InChI=1S/C27H26O6/c1-15(2)5-7-17-11-16(6-8-20(17)28)12-23-25(30)24(26(31)32-23)19-13-18-9-10-27(3,4)33-22(18)14-21(19)29/h5-6,8-14,28-30H,7H2,1-4H3/b23-12-. The van der Waals surface area contributed by atoms with Gasteiger partial charge in [-0.05, 0) is 75.6 Å². The first-order valence-corrected chi connectivity index (χ1v) is 10.6. The van der Waals surface area contributed by atoms with E-state index in [0.717, 1.165) is 5.57 Å². The molecule has 170 valence electrons. The molecule has 0 bridgehead atoms. The molecule has 0 radical (unpaired) electrons. The molecule has 6 heteroatoms. The Hall–Kier alpha value is -3.93. The van der Waals surface area contributed by atoms with E-state index >= 15 is 0 Å². The minimum absolute atomic E-state index is 0.0288. The predicted molar refractivity (Wildman–Crippen MR) is 127 cm³/mol. The number of aliphatic hydroxyl groups excluding tert-OH is 1. The van der Waals surface area contributed by atoms with Crippen LogP contribution in [0.15, 0.2) is 59.6 Å². The average molecular weight is 446 g/mol. The largest absolute Gasteiger partial charge is 0.508 e. The Kier molecular flexibility index (Phi) is 5.54. The van der Waals surface area contributed by atoms with Crippen LogP contribution in [-0.4, -0.2) is 26.9 Å². The third-order valence-electron chi connectivity index (χ3n) is 5.44. The van der Waals surface area contributed by atoms with Crippen molar-refractivity contribution in [3.05, 3.63) is 81.8 Å². The molecule has 33 heavy (non-hydrogen) atoms. The van der Waals surface area contributed by atoms with Crippen molar-refractivity contribution < 1.29 is 29.6 Å². The van der Waals surface area contributed by atoms with Gasteiger partial charge in [-0.3, -0.25) is 0 Å². The van der Waals surface area contributed by atoms with Crippen molar-refractivity contribution >= 4 is 23.7 Å². The summed E-state index contributed by atoms with van der Waals surface area (Å²) in [6.45, 7) is 7.74. The molecule has 0 saturated carbocycles. The van der Waals surface area contributed by atoms with Crippen LogP contribution >= 0.6 is 0 Å². The van der Waals surface area contributed by atoms with Crippen LogP contribution in [0.1, 0.15) is 49.9 Å². The van der Waals surface area contributed by atoms with Crippen LogP contribution in [0.25, 0.3) is 17.7 Å². The minimum Gasteiger partial charge on any atom is -0.508 e. The zero-order valence-corrected chi connectivity index (χ0v) is 19.0. The fraction of sp³-hybridized carbons (Fsp3) is 0.222. The molecule has 0 unspecified atom stereocenters. The number of cyclic esters (lactones) is 1. The fourth-order valence-corrected chi connectivity index (χ4v) is 3.69. The third kappa shape index (κ3) is 4.51. The lowest BCUT2D eigenvalue weighted by Gasteiger charge is -2.28. The highest BCUT2D eigenvalue weighted by molar-refractivity contribution is 6.21. The normalized spacial score (nSPS) is 17.6. The van der Waals surface area contributed by atoms with Gasteiger partial charge in [0, 0.05) is 17.2 Å². The third-order valence-corrected chi connectivity index (χ3v) is 5.44. The summed E-state index contributed by atoms with van der Waals surface area (Å²) in [5.74, 6) is -0.712. The molecule has 2 heterocycles. The van der Waals surface area contributed by atoms with Gasteiger partial charge in [0.1, 0.15) is 28.4 Å². The Morgan fingerprint density at radius 1 is 1.06 bits per heavy atom. The molecule has 0 aromatic heterocycles. The van der Waals surface area contributed by atoms with E-state index in [2.05, 4.69) is 0 Å². The van der Waals surface area contributed by atoms with Crippen molar-refractivity contribution in [3.8, 4) is 17.2 Å². The predicted octanol–water partition coefficient (Wildman–Crippen LogP) is 5.66. The number of phenolic OH excluding ortho intramolecular Hbond substituents is 2. The van der Waals surface area contributed by atoms with Crippen molar-refractivity contribution in [2.45, 2.75) is 39.7 Å². The van der Waals surface area contributed by atoms with Gasteiger partial charge in [0.25, 0.3) is 0 Å². The van der Waals surface area contributed by atoms with Gasteiger partial charge in [0.15, 0.2) is 11.5 Å². The molecule has 0 amide bonds. The Labute approximate surface area is 192 Å². The first kappa shape index (κ1) is 22.3. The summed E-state index contributed by atoms with van der Waals surface area (Å²) >= 11 is 0.